The summed E-state index contributed by atoms with van der Waals surface area (Å²) < 4.78 is 10.3. The minimum Gasteiger partial charge on any atom is -0.481 e. The summed E-state index contributed by atoms with van der Waals surface area (Å²) in [5.74, 6) is -0.127. The third-order valence-corrected chi connectivity index (χ3v) is 2.31. The molecule has 0 aliphatic rings. The minimum absolute atomic E-state index is 0.409. The van der Waals surface area contributed by atoms with Crippen molar-refractivity contribution in [1.82, 2.24) is 0 Å². The Morgan fingerprint density at radius 1 is 1.35 bits per heavy atom. The van der Waals surface area contributed by atoms with E-state index in [0.29, 0.717) is 11.3 Å². The first-order chi connectivity index (χ1) is 8.06. The van der Waals surface area contributed by atoms with E-state index in [1.165, 1.54) is 6.07 Å². The van der Waals surface area contributed by atoms with Gasteiger partial charge < -0.3 is 14.9 Å². The molecule has 1 atom stereocenters. The van der Waals surface area contributed by atoms with E-state index in [1.54, 1.807) is 31.2 Å². The van der Waals surface area contributed by atoms with Crippen LogP contribution in [-0.4, -0.2) is 12.0 Å². The Balaban J connectivity index is 2.37. The van der Waals surface area contributed by atoms with Crippen LogP contribution in [0.2, 0.25) is 0 Å². The fourth-order valence-electron chi connectivity index (χ4n) is 1.38. The zero-order valence-electron chi connectivity index (χ0n) is 9.17. The molecule has 0 radical (unpaired) electrons. The Bertz CT molecular complexity index is 617. The lowest BCUT2D eigenvalue weighted by Crippen LogP contribution is -2.30. The van der Waals surface area contributed by atoms with E-state index in [9.17, 15) is 9.59 Å². The number of amides is 1. The molecule has 1 aromatic carbocycles. The average Bonchev–Trinajstić information content (AvgIpc) is 2.28. The zero-order chi connectivity index (χ0) is 12.4. The number of ether oxygens (including phenoxy) is 1. The second-order valence-electron chi connectivity index (χ2n) is 3.62. The second kappa shape index (κ2) is 4.29. The first-order valence-corrected chi connectivity index (χ1v) is 5.06. The normalized spacial score (nSPS) is 12.3. The molecule has 0 saturated heterocycles. The standard InChI is InChI=1S/C12H11NO4/c1-7(12(13)15)16-9-4-2-8-3-5-11(14)17-10(8)6-9/h2-7H,1H3,(H2,13,15)/t7-/m0/s1. The zero-order valence-corrected chi connectivity index (χ0v) is 9.17. The maximum atomic E-state index is 11.0. The van der Waals surface area contributed by atoms with Crippen molar-refractivity contribution in [2.24, 2.45) is 5.73 Å². The lowest BCUT2D eigenvalue weighted by atomic mass is 10.2. The van der Waals surface area contributed by atoms with Crippen LogP contribution in [-0.2, 0) is 4.79 Å². The molecule has 2 aromatic rings. The monoisotopic (exact) mass is 233 g/mol. The second-order valence-corrected chi connectivity index (χ2v) is 3.62. The summed E-state index contributed by atoms with van der Waals surface area (Å²) in [4.78, 5) is 21.9. The molecule has 2 N–H and O–H groups in total. The molecule has 0 saturated carbocycles. The number of rotatable bonds is 3. The molecule has 1 aromatic heterocycles. The van der Waals surface area contributed by atoms with Gasteiger partial charge in [-0.2, -0.15) is 0 Å². The van der Waals surface area contributed by atoms with Crippen molar-refractivity contribution in [3.05, 3.63) is 40.8 Å². The van der Waals surface area contributed by atoms with Gasteiger partial charge in [0.1, 0.15) is 11.3 Å². The highest BCUT2D eigenvalue weighted by atomic mass is 16.5. The maximum absolute atomic E-state index is 11.0. The molecule has 0 bridgehead atoms. The number of carbonyl (C=O) groups excluding carboxylic acids is 1. The molecule has 5 nitrogen and oxygen atoms in total. The van der Waals surface area contributed by atoms with Crippen molar-refractivity contribution in [2.75, 3.05) is 0 Å². The summed E-state index contributed by atoms with van der Waals surface area (Å²) in [5, 5.41) is 0.781. The van der Waals surface area contributed by atoms with E-state index in [2.05, 4.69) is 0 Å². The summed E-state index contributed by atoms with van der Waals surface area (Å²) >= 11 is 0. The number of fused-ring (bicyclic) bond motifs is 1. The number of hydrogen-bond donors (Lipinski definition) is 1. The third-order valence-electron chi connectivity index (χ3n) is 2.31. The van der Waals surface area contributed by atoms with Crippen molar-refractivity contribution < 1.29 is 13.9 Å². The van der Waals surface area contributed by atoms with Gasteiger partial charge in [-0.3, -0.25) is 4.79 Å². The van der Waals surface area contributed by atoms with Gasteiger partial charge in [0.25, 0.3) is 5.91 Å². The Labute approximate surface area is 96.8 Å². The predicted molar refractivity (Wildman–Crippen MR) is 61.8 cm³/mol. The van der Waals surface area contributed by atoms with Crippen LogP contribution in [0.3, 0.4) is 0 Å². The summed E-state index contributed by atoms with van der Waals surface area (Å²) in [6.07, 6.45) is -0.733. The summed E-state index contributed by atoms with van der Waals surface area (Å²) in [5.41, 5.74) is 5.06. The number of carbonyl (C=O) groups is 1. The van der Waals surface area contributed by atoms with Gasteiger partial charge in [-0.05, 0) is 25.1 Å². The summed E-state index contributed by atoms with van der Waals surface area (Å²) in [6, 6.07) is 7.97. The molecule has 0 spiro atoms. The van der Waals surface area contributed by atoms with Gasteiger partial charge in [-0.25, -0.2) is 4.79 Å². The van der Waals surface area contributed by atoms with E-state index in [1.807, 2.05) is 0 Å². The molecule has 0 aliphatic heterocycles. The van der Waals surface area contributed by atoms with Crippen molar-refractivity contribution in [2.45, 2.75) is 13.0 Å². The number of nitrogens with two attached hydrogens (primary N) is 1. The maximum Gasteiger partial charge on any atom is 0.336 e. The molecule has 2 rings (SSSR count). The fraction of sp³-hybridized carbons (Fsp3) is 0.167. The van der Waals surface area contributed by atoms with Gasteiger partial charge in [-0.1, -0.05) is 0 Å². The average molecular weight is 233 g/mol. The molecule has 17 heavy (non-hydrogen) atoms. The van der Waals surface area contributed by atoms with Gasteiger partial charge >= 0.3 is 5.63 Å². The van der Waals surface area contributed by atoms with Gasteiger partial charge in [0.2, 0.25) is 0 Å². The smallest absolute Gasteiger partial charge is 0.336 e. The van der Waals surface area contributed by atoms with Crippen LogP contribution in [0, 0.1) is 0 Å². The number of primary amides is 1. The Kier molecular flexibility index (Phi) is 2.82. The SMILES string of the molecule is C[C@H](Oc1ccc2ccc(=O)oc2c1)C(N)=O. The van der Waals surface area contributed by atoms with E-state index >= 15 is 0 Å². The van der Waals surface area contributed by atoms with E-state index in [4.69, 9.17) is 14.9 Å². The first-order valence-electron chi connectivity index (χ1n) is 5.06. The number of benzene rings is 1. The first kappa shape index (κ1) is 11.2. The van der Waals surface area contributed by atoms with Crippen molar-refractivity contribution in [3.63, 3.8) is 0 Å². The fourth-order valence-corrected chi connectivity index (χ4v) is 1.38. The molecular weight excluding hydrogens is 222 g/mol. The third kappa shape index (κ3) is 2.44. The highest BCUT2D eigenvalue weighted by Gasteiger charge is 2.10. The minimum atomic E-state index is -0.733. The molecule has 0 aliphatic carbocycles. The van der Waals surface area contributed by atoms with Gasteiger partial charge in [0.15, 0.2) is 6.10 Å². The molecule has 0 fully saturated rings. The molecule has 88 valence electrons. The predicted octanol–water partition coefficient (Wildman–Crippen LogP) is 1.05. The van der Waals surface area contributed by atoms with Crippen LogP contribution in [0.15, 0.2) is 39.5 Å². The Hall–Kier alpha value is -2.30. The van der Waals surface area contributed by atoms with Crippen molar-refractivity contribution in [1.29, 1.82) is 0 Å². The van der Waals surface area contributed by atoms with Crippen LogP contribution in [0.5, 0.6) is 5.75 Å². The van der Waals surface area contributed by atoms with Crippen molar-refractivity contribution >= 4 is 16.9 Å². The highest BCUT2D eigenvalue weighted by molar-refractivity contribution is 5.80. The molecular formula is C12H11NO4. The van der Waals surface area contributed by atoms with Crippen LogP contribution in [0.4, 0.5) is 0 Å². The van der Waals surface area contributed by atoms with E-state index < -0.39 is 17.6 Å². The molecule has 5 heteroatoms. The lowest BCUT2D eigenvalue weighted by Gasteiger charge is -2.11. The summed E-state index contributed by atoms with van der Waals surface area (Å²) in [6.45, 7) is 1.55. The van der Waals surface area contributed by atoms with Gasteiger partial charge in [0.05, 0.1) is 0 Å². The Morgan fingerprint density at radius 3 is 2.76 bits per heavy atom. The van der Waals surface area contributed by atoms with Crippen LogP contribution in [0.1, 0.15) is 6.92 Å². The molecule has 0 unspecified atom stereocenters. The highest BCUT2D eigenvalue weighted by Crippen LogP contribution is 2.20. The quantitative estimate of drug-likeness (QED) is 0.803. The largest absolute Gasteiger partial charge is 0.481 e. The van der Waals surface area contributed by atoms with Crippen LogP contribution in [0.25, 0.3) is 11.0 Å². The molecule has 1 amide bonds. The summed E-state index contributed by atoms with van der Waals surface area (Å²) in [7, 11) is 0. The lowest BCUT2D eigenvalue weighted by molar-refractivity contribution is -0.123. The van der Waals surface area contributed by atoms with E-state index in [-0.39, 0.29) is 0 Å². The van der Waals surface area contributed by atoms with Crippen molar-refractivity contribution in [3.8, 4) is 5.75 Å². The van der Waals surface area contributed by atoms with Crippen LogP contribution >= 0.6 is 0 Å². The Morgan fingerprint density at radius 2 is 2.06 bits per heavy atom. The molecule has 1 heterocycles. The van der Waals surface area contributed by atoms with E-state index in [0.717, 1.165) is 5.39 Å². The van der Waals surface area contributed by atoms with Gasteiger partial charge in [0, 0.05) is 17.5 Å². The van der Waals surface area contributed by atoms with Gasteiger partial charge in [-0.15, -0.1) is 0 Å². The number of hydrogen-bond acceptors (Lipinski definition) is 4. The topological polar surface area (TPSA) is 82.5 Å². The van der Waals surface area contributed by atoms with Crippen LogP contribution < -0.4 is 16.1 Å².